The number of thiazole rings is 1. The van der Waals surface area contributed by atoms with Gasteiger partial charge >= 0.3 is 0 Å². The van der Waals surface area contributed by atoms with Crippen molar-refractivity contribution in [2.45, 2.75) is 20.8 Å². The Labute approximate surface area is 92.4 Å². The van der Waals surface area contributed by atoms with Gasteiger partial charge in [-0.15, -0.1) is 11.3 Å². The summed E-state index contributed by atoms with van der Waals surface area (Å²) in [6, 6.07) is 4.09. The van der Waals surface area contributed by atoms with Crippen LogP contribution in [0.3, 0.4) is 0 Å². The van der Waals surface area contributed by atoms with Gasteiger partial charge in [0.1, 0.15) is 5.69 Å². The zero-order chi connectivity index (χ0) is 11.0. The van der Waals surface area contributed by atoms with Crippen molar-refractivity contribution in [1.29, 1.82) is 0 Å². The molecular formula is C11H12N2OS. The van der Waals surface area contributed by atoms with Gasteiger partial charge in [0.05, 0.1) is 0 Å². The normalized spacial score (nSPS) is 10.6. The van der Waals surface area contributed by atoms with Gasteiger partial charge in [-0.25, -0.2) is 4.98 Å². The van der Waals surface area contributed by atoms with E-state index in [2.05, 4.69) is 9.55 Å². The Morgan fingerprint density at radius 1 is 1.33 bits per heavy atom. The van der Waals surface area contributed by atoms with E-state index in [4.69, 9.17) is 0 Å². The summed E-state index contributed by atoms with van der Waals surface area (Å²) in [6.45, 7) is 5.60. The van der Waals surface area contributed by atoms with Crippen LogP contribution >= 0.6 is 11.3 Å². The fraction of sp³-hybridized carbons (Fsp3) is 0.273. The smallest absolute Gasteiger partial charge is 0.194 e. The van der Waals surface area contributed by atoms with E-state index in [0.717, 1.165) is 16.5 Å². The van der Waals surface area contributed by atoms with E-state index in [0.29, 0.717) is 5.69 Å². The highest BCUT2D eigenvalue weighted by Crippen LogP contribution is 2.20. The lowest BCUT2D eigenvalue weighted by molar-refractivity contribution is 0.101. The minimum Gasteiger partial charge on any atom is -0.295 e. The van der Waals surface area contributed by atoms with Gasteiger partial charge in [0.15, 0.2) is 10.9 Å². The van der Waals surface area contributed by atoms with Gasteiger partial charge in [0.25, 0.3) is 0 Å². The molecule has 2 heterocycles. The van der Waals surface area contributed by atoms with Gasteiger partial charge in [0, 0.05) is 23.7 Å². The predicted molar refractivity (Wildman–Crippen MR) is 60.9 cm³/mol. The van der Waals surface area contributed by atoms with Crippen LogP contribution in [0.1, 0.15) is 28.8 Å². The molecule has 2 aromatic rings. The molecular weight excluding hydrogens is 208 g/mol. The molecule has 2 aromatic heterocycles. The SMILES string of the molecule is CC(=O)c1csc(-n2c(C)ccc2C)n1. The highest BCUT2D eigenvalue weighted by molar-refractivity contribution is 7.12. The Hall–Kier alpha value is -1.42. The lowest BCUT2D eigenvalue weighted by Gasteiger charge is -2.03. The van der Waals surface area contributed by atoms with Gasteiger partial charge in [-0.3, -0.25) is 9.36 Å². The second-order valence-corrected chi connectivity index (χ2v) is 4.36. The molecule has 0 aromatic carbocycles. The highest BCUT2D eigenvalue weighted by atomic mass is 32.1. The third-order valence-corrected chi connectivity index (χ3v) is 3.14. The first-order valence-electron chi connectivity index (χ1n) is 4.71. The van der Waals surface area contributed by atoms with E-state index >= 15 is 0 Å². The molecule has 0 atom stereocenters. The molecule has 0 aliphatic rings. The van der Waals surface area contributed by atoms with Crippen LogP contribution in [0.5, 0.6) is 0 Å². The van der Waals surface area contributed by atoms with Gasteiger partial charge in [0.2, 0.25) is 0 Å². The van der Waals surface area contributed by atoms with Crippen molar-refractivity contribution in [2.24, 2.45) is 0 Å². The molecule has 78 valence electrons. The largest absolute Gasteiger partial charge is 0.295 e. The number of rotatable bonds is 2. The monoisotopic (exact) mass is 220 g/mol. The number of nitrogens with zero attached hydrogens (tertiary/aromatic N) is 2. The molecule has 2 rings (SSSR count). The topological polar surface area (TPSA) is 34.9 Å². The van der Waals surface area contributed by atoms with E-state index in [1.807, 2.05) is 26.0 Å². The minimum atomic E-state index is 0.0139. The molecule has 0 bridgehead atoms. The van der Waals surface area contributed by atoms with Crippen molar-refractivity contribution >= 4 is 17.1 Å². The summed E-state index contributed by atoms with van der Waals surface area (Å²) in [4.78, 5) is 15.4. The quantitative estimate of drug-likeness (QED) is 0.729. The van der Waals surface area contributed by atoms with Gasteiger partial charge < -0.3 is 0 Å². The summed E-state index contributed by atoms with van der Waals surface area (Å²) in [5, 5.41) is 2.66. The van der Waals surface area contributed by atoms with Crippen LogP contribution < -0.4 is 0 Å². The van der Waals surface area contributed by atoms with E-state index in [9.17, 15) is 4.79 Å². The third kappa shape index (κ3) is 1.72. The molecule has 0 saturated heterocycles. The van der Waals surface area contributed by atoms with Crippen molar-refractivity contribution < 1.29 is 4.79 Å². The summed E-state index contributed by atoms with van der Waals surface area (Å²) in [6.07, 6.45) is 0. The molecule has 0 fully saturated rings. The van der Waals surface area contributed by atoms with Crippen molar-refractivity contribution in [2.75, 3.05) is 0 Å². The van der Waals surface area contributed by atoms with Crippen LogP contribution in [0, 0.1) is 13.8 Å². The first kappa shape index (κ1) is 10.1. The maximum atomic E-state index is 11.1. The van der Waals surface area contributed by atoms with Crippen LogP contribution in [0.4, 0.5) is 0 Å². The number of ketones is 1. The summed E-state index contributed by atoms with van der Waals surface area (Å²) < 4.78 is 2.05. The molecule has 0 radical (unpaired) electrons. The molecule has 3 nitrogen and oxygen atoms in total. The molecule has 0 aliphatic carbocycles. The third-order valence-electron chi connectivity index (χ3n) is 2.32. The minimum absolute atomic E-state index is 0.0139. The Balaban J connectivity index is 2.50. The lowest BCUT2D eigenvalue weighted by Crippen LogP contribution is -1.99. The molecule has 0 saturated carbocycles. The Bertz CT molecular complexity index is 491. The zero-order valence-electron chi connectivity index (χ0n) is 8.94. The second-order valence-electron chi connectivity index (χ2n) is 3.52. The van der Waals surface area contributed by atoms with E-state index in [-0.39, 0.29) is 5.78 Å². The molecule has 0 amide bonds. The van der Waals surface area contributed by atoms with Crippen molar-refractivity contribution in [3.8, 4) is 5.13 Å². The van der Waals surface area contributed by atoms with Gasteiger partial charge in [-0.1, -0.05) is 0 Å². The van der Waals surface area contributed by atoms with Crippen molar-refractivity contribution in [3.63, 3.8) is 0 Å². The number of carbonyl (C=O) groups is 1. The molecule has 0 N–H and O–H groups in total. The van der Waals surface area contributed by atoms with E-state index in [1.165, 1.54) is 18.3 Å². The average Bonchev–Trinajstić information content (AvgIpc) is 2.73. The fourth-order valence-electron chi connectivity index (χ4n) is 1.50. The number of Topliss-reactive ketones (excluding diaryl/α,β-unsaturated/α-hetero) is 1. The predicted octanol–water partition coefficient (Wildman–Crippen LogP) is 2.75. The lowest BCUT2D eigenvalue weighted by atomic mass is 10.4. The van der Waals surface area contributed by atoms with Crippen molar-refractivity contribution in [3.05, 3.63) is 34.6 Å². The number of aryl methyl sites for hydroxylation is 2. The van der Waals surface area contributed by atoms with Gasteiger partial charge in [-0.05, 0) is 26.0 Å². The number of hydrogen-bond donors (Lipinski definition) is 0. The number of aromatic nitrogens is 2. The Morgan fingerprint density at radius 2 is 1.93 bits per heavy atom. The average molecular weight is 220 g/mol. The first-order chi connectivity index (χ1) is 7.09. The first-order valence-corrected chi connectivity index (χ1v) is 5.59. The Kier molecular flexibility index (Phi) is 2.44. The van der Waals surface area contributed by atoms with E-state index < -0.39 is 0 Å². The molecule has 4 heteroatoms. The second kappa shape index (κ2) is 3.62. The molecule has 0 aliphatic heterocycles. The fourth-order valence-corrected chi connectivity index (χ4v) is 2.48. The molecule has 15 heavy (non-hydrogen) atoms. The summed E-state index contributed by atoms with van der Waals surface area (Å²) in [7, 11) is 0. The maximum Gasteiger partial charge on any atom is 0.194 e. The summed E-state index contributed by atoms with van der Waals surface area (Å²) >= 11 is 1.49. The maximum absolute atomic E-state index is 11.1. The van der Waals surface area contributed by atoms with Crippen LogP contribution in [0.25, 0.3) is 5.13 Å². The summed E-state index contributed by atoms with van der Waals surface area (Å²) in [5.74, 6) is 0.0139. The van der Waals surface area contributed by atoms with Crippen LogP contribution in [-0.4, -0.2) is 15.3 Å². The van der Waals surface area contributed by atoms with Crippen LogP contribution in [0.2, 0.25) is 0 Å². The molecule has 0 unspecified atom stereocenters. The number of hydrogen-bond acceptors (Lipinski definition) is 3. The standard InChI is InChI=1S/C11H12N2OS/c1-7-4-5-8(2)13(7)11-12-10(6-15-11)9(3)14/h4-6H,1-3H3. The van der Waals surface area contributed by atoms with E-state index in [1.54, 1.807) is 5.38 Å². The Morgan fingerprint density at radius 3 is 2.40 bits per heavy atom. The highest BCUT2D eigenvalue weighted by Gasteiger charge is 2.10. The molecule has 0 spiro atoms. The van der Waals surface area contributed by atoms with Gasteiger partial charge in [-0.2, -0.15) is 0 Å². The van der Waals surface area contributed by atoms with Crippen LogP contribution in [0.15, 0.2) is 17.5 Å². The van der Waals surface area contributed by atoms with Crippen LogP contribution in [-0.2, 0) is 0 Å². The number of carbonyl (C=O) groups excluding carboxylic acids is 1. The van der Waals surface area contributed by atoms with Crippen molar-refractivity contribution in [1.82, 2.24) is 9.55 Å². The summed E-state index contributed by atoms with van der Waals surface area (Å²) in [5.41, 5.74) is 2.82. The zero-order valence-corrected chi connectivity index (χ0v) is 9.76.